The fourth-order valence-electron chi connectivity index (χ4n) is 3.18. The first-order chi connectivity index (χ1) is 10.4. The molecular formula is C15H25F3N2O2. The van der Waals surface area contributed by atoms with Gasteiger partial charge in [0.2, 0.25) is 0 Å². The van der Waals surface area contributed by atoms with E-state index >= 15 is 0 Å². The standard InChI is InChI=1S/C15H25F3N2O2/c16-15(17,18)11-4-6-12(7-5-11)20-14(21)19-9-8-13-3-1-2-10-22-13/h11-13H,1-10H2,(H2,19,20,21)/t11?,12?,13-/m0/s1. The Bertz CT molecular complexity index is 349. The minimum atomic E-state index is -4.10. The van der Waals surface area contributed by atoms with Crippen molar-refractivity contribution >= 4 is 6.03 Å². The van der Waals surface area contributed by atoms with Crippen molar-refractivity contribution in [3.8, 4) is 0 Å². The van der Waals surface area contributed by atoms with Gasteiger partial charge in [0.25, 0.3) is 0 Å². The van der Waals surface area contributed by atoms with E-state index in [1.54, 1.807) is 0 Å². The van der Waals surface area contributed by atoms with E-state index in [1.807, 2.05) is 0 Å². The Hall–Kier alpha value is -0.980. The van der Waals surface area contributed by atoms with Crippen LogP contribution in [0.3, 0.4) is 0 Å². The number of nitrogens with one attached hydrogen (secondary N) is 2. The zero-order chi connectivity index (χ0) is 16.0. The van der Waals surface area contributed by atoms with Gasteiger partial charge in [-0.3, -0.25) is 0 Å². The van der Waals surface area contributed by atoms with Gasteiger partial charge in [-0.15, -0.1) is 0 Å². The molecule has 0 aromatic carbocycles. The van der Waals surface area contributed by atoms with Crippen molar-refractivity contribution in [3.63, 3.8) is 0 Å². The number of hydrogen-bond acceptors (Lipinski definition) is 2. The van der Waals surface area contributed by atoms with Gasteiger partial charge in [-0.2, -0.15) is 13.2 Å². The van der Waals surface area contributed by atoms with Gasteiger partial charge < -0.3 is 15.4 Å². The monoisotopic (exact) mass is 322 g/mol. The van der Waals surface area contributed by atoms with Gasteiger partial charge in [0.15, 0.2) is 0 Å². The fourth-order valence-corrected chi connectivity index (χ4v) is 3.18. The van der Waals surface area contributed by atoms with Crippen LogP contribution in [0.25, 0.3) is 0 Å². The van der Waals surface area contributed by atoms with Crippen LogP contribution in [0.15, 0.2) is 0 Å². The summed E-state index contributed by atoms with van der Waals surface area (Å²) in [5.41, 5.74) is 0. The van der Waals surface area contributed by atoms with Crippen molar-refractivity contribution in [1.82, 2.24) is 10.6 Å². The number of urea groups is 1. The van der Waals surface area contributed by atoms with E-state index in [9.17, 15) is 18.0 Å². The summed E-state index contributed by atoms with van der Waals surface area (Å²) in [7, 11) is 0. The number of ether oxygens (including phenoxy) is 1. The van der Waals surface area contributed by atoms with Crippen LogP contribution in [-0.2, 0) is 4.74 Å². The van der Waals surface area contributed by atoms with Crippen molar-refractivity contribution in [3.05, 3.63) is 0 Å². The molecule has 1 aliphatic heterocycles. The number of hydrogen-bond donors (Lipinski definition) is 2. The Morgan fingerprint density at radius 3 is 2.41 bits per heavy atom. The maximum atomic E-state index is 12.6. The van der Waals surface area contributed by atoms with E-state index in [0.717, 1.165) is 25.9 Å². The average molecular weight is 322 g/mol. The Labute approximate surface area is 129 Å². The van der Waals surface area contributed by atoms with Gasteiger partial charge in [-0.05, 0) is 51.4 Å². The first-order valence-corrected chi connectivity index (χ1v) is 8.18. The highest BCUT2D eigenvalue weighted by Gasteiger charge is 2.41. The zero-order valence-electron chi connectivity index (χ0n) is 12.8. The number of alkyl halides is 3. The summed E-state index contributed by atoms with van der Waals surface area (Å²) in [5, 5.41) is 5.54. The highest BCUT2D eigenvalue weighted by Crippen LogP contribution is 2.37. The lowest BCUT2D eigenvalue weighted by Crippen LogP contribution is -2.45. The highest BCUT2D eigenvalue weighted by molar-refractivity contribution is 5.74. The van der Waals surface area contributed by atoms with Crippen molar-refractivity contribution in [2.75, 3.05) is 13.2 Å². The number of amides is 2. The van der Waals surface area contributed by atoms with Crippen LogP contribution in [0.4, 0.5) is 18.0 Å². The third-order valence-electron chi connectivity index (χ3n) is 4.55. The second kappa shape index (κ2) is 8.04. The zero-order valence-corrected chi connectivity index (χ0v) is 12.8. The molecule has 1 saturated carbocycles. The van der Waals surface area contributed by atoms with Gasteiger partial charge >= 0.3 is 12.2 Å². The molecule has 2 rings (SSSR count). The van der Waals surface area contributed by atoms with Crippen LogP contribution in [0.5, 0.6) is 0 Å². The van der Waals surface area contributed by atoms with Crippen LogP contribution < -0.4 is 10.6 Å². The van der Waals surface area contributed by atoms with Gasteiger partial charge in [0.05, 0.1) is 12.0 Å². The molecule has 0 aromatic rings. The van der Waals surface area contributed by atoms with E-state index in [-0.39, 0.29) is 31.0 Å². The maximum Gasteiger partial charge on any atom is 0.391 e. The minimum absolute atomic E-state index is 0.102. The van der Waals surface area contributed by atoms with Gasteiger partial charge in [-0.1, -0.05) is 0 Å². The van der Waals surface area contributed by atoms with Gasteiger partial charge in [0.1, 0.15) is 0 Å². The molecule has 1 atom stereocenters. The molecule has 22 heavy (non-hydrogen) atoms. The number of rotatable bonds is 4. The molecule has 0 unspecified atom stereocenters. The van der Waals surface area contributed by atoms with Crippen molar-refractivity contribution in [2.24, 2.45) is 5.92 Å². The van der Waals surface area contributed by atoms with E-state index in [1.165, 1.54) is 6.42 Å². The molecule has 0 aromatic heterocycles. The summed E-state index contributed by atoms with van der Waals surface area (Å²) >= 11 is 0. The first-order valence-electron chi connectivity index (χ1n) is 8.18. The van der Waals surface area contributed by atoms with Gasteiger partial charge in [0, 0.05) is 19.2 Å². The molecule has 2 amide bonds. The third-order valence-corrected chi connectivity index (χ3v) is 4.55. The second-order valence-corrected chi connectivity index (χ2v) is 6.27. The van der Waals surface area contributed by atoms with Crippen molar-refractivity contribution in [2.45, 2.75) is 69.7 Å². The lowest BCUT2D eigenvalue weighted by molar-refractivity contribution is -0.182. The topological polar surface area (TPSA) is 50.4 Å². The predicted molar refractivity (Wildman–Crippen MR) is 76.5 cm³/mol. The minimum Gasteiger partial charge on any atom is -0.378 e. The Balaban J connectivity index is 1.57. The van der Waals surface area contributed by atoms with E-state index in [4.69, 9.17) is 4.74 Å². The summed E-state index contributed by atoms with van der Waals surface area (Å²) in [6, 6.07) is -0.434. The average Bonchev–Trinajstić information content (AvgIpc) is 2.48. The summed E-state index contributed by atoms with van der Waals surface area (Å²) < 4.78 is 43.3. The molecule has 0 radical (unpaired) electrons. The number of carbonyl (C=O) groups excluding carboxylic acids is 1. The quantitative estimate of drug-likeness (QED) is 0.834. The van der Waals surface area contributed by atoms with Gasteiger partial charge in [-0.25, -0.2) is 4.79 Å². The SMILES string of the molecule is O=C(NCC[C@@H]1CCCCO1)NC1CCC(C(F)(F)F)CC1. The molecule has 4 nitrogen and oxygen atoms in total. The molecule has 2 N–H and O–H groups in total. The fraction of sp³-hybridized carbons (Fsp3) is 0.933. The summed E-state index contributed by atoms with van der Waals surface area (Å²) in [5.74, 6) is -1.21. The number of carbonyl (C=O) groups is 1. The summed E-state index contributed by atoms with van der Waals surface area (Å²) in [4.78, 5) is 11.7. The lowest BCUT2D eigenvalue weighted by atomic mass is 9.86. The molecule has 0 bridgehead atoms. The number of halogens is 3. The van der Waals surface area contributed by atoms with E-state index < -0.39 is 12.1 Å². The molecule has 1 heterocycles. The van der Waals surface area contributed by atoms with E-state index in [0.29, 0.717) is 19.4 Å². The molecule has 2 fully saturated rings. The predicted octanol–water partition coefficient (Wildman–Crippen LogP) is 3.37. The molecule has 128 valence electrons. The van der Waals surface area contributed by atoms with Crippen molar-refractivity contribution in [1.29, 1.82) is 0 Å². The smallest absolute Gasteiger partial charge is 0.378 e. The summed E-state index contributed by atoms with van der Waals surface area (Å²) in [6.07, 6.45) is 1.19. The molecule has 0 spiro atoms. The normalized spacial score (nSPS) is 29.9. The first kappa shape index (κ1) is 17.4. The van der Waals surface area contributed by atoms with Crippen LogP contribution in [0.2, 0.25) is 0 Å². The Morgan fingerprint density at radius 2 is 1.82 bits per heavy atom. The third kappa shape index (κ3) is 5.66. The maximum absolute atomic E-state index is 12.6. The molecule has 1 aliphatic carbocycles. The van der Waals surface area contributed by atoms with E-state index in [2.05, 4.69) is 10.6 Å². The van der Waals surface area contributed by atoms with Crippen LogP contribution in [0, 0.1) is 5.92 Å². The Kier molecular flexibility index (Phi) is 6.35. The lowest BCUT2D eigenvalue weighted by Gasteiger charge is -2.30. The second-order valence-electron chi connectivity index (χ2n) is 6.27. The Morgan fingerprint density at radius 1 is 1.09 bits per heavy atom. The molecule has 2 aliphatic rings. The molecule has 7 heteroatoms. The highest BCUT2D eigenvalue weighted by atomic mass is 19.4. The molecule has 1 saturated heterocycles. The van der Waals surface area contributed by atoms with Crippen molar-refractivity contribution < 1.29 is 22.7 Å². The van der Waals surface area contributed by atoms with Crippen LogP contribution in [0.1, 0.15) is 51.4 Å². The van der Waals surface area contributed by atoms with Crippen LogP contribution in [-0.4, -0.2) is 37.5 Å². The summed E-state index contributed by atoms with van der Waals surface area (Å²) in [6.45, 7) is 1.33. The van der Waals surface area contributed by atoms with Crippen LogP contribution >= 0.6 is 0 Å². The molecular weight excluding hydrogens is 297 g/mol. The largest absolute Gasteiger partial charge is 0.391 e.